The molecule has 122 valence electrons. The van der Waals surface area contributed by atoms with Gasteiger partial charge < -0.3 is 25.2 Å². The Morgan fingerprint density at radius 1 is 1.22 bits per heavy atom. The number of phenolic OH excluding ortho intramolecular Hbond substituents is 1. The van der Waals surface area contributed by atoms with Gasteiger partial charge in [0.1, 0.15) is 23.2 Å². The number of ketones is 2. The minimum absolute atomic E-state index is 0.0884. The summed E-state index contributed by atoms with van der Waals surface area (Å²) in [4.78, 5) is 25.3. The lowest BCUT2D eigenvalue weighted by Gasteiger charge is -2.41. The molecule has 0 spiro atoms. The summed E-state index contributed by atoms with van der Waals surface area (Å²) in [6.45, 7) is 1.20. The molecule has 7 heteroatoms. The normalized spacial score (nSPS) is 30.1. The smallest absolute Gasteiger partial charge is 0.194 e. The van der Waals surface area contributed by atoms with Crippen molar-refractivity contribution >= 4 is 11.6 Å². The molecule has 0 aromatic heterocycles. The Morgan fingerprint density at radius 3 is 2.48 bits per heavy atom. The summed E-state index contributed by atoms with van der Waals surface area (Å²) in [6, 6.07) is 2.51. The van der Waals surface area contributed by atoms with E-state index in [0.29, 0.717) is 0 Å². The average molecular weight is 320 g/mol. The second-order valence-electron chi connectivity index (χ2n) is 5.97. The molecule has 2 aliphatic rings. The third kappa shape index (κ3) is 2.01. The lowest BCUT2D eigenvalue weighted by Crippen LogP contribution is -2.56. The van der Waals surface area contributed by atoms with Crippen LogP contribution in [0.5, 0.6) is 11.5 Å². The van der Waals surface area contributed by atoms with Gasteiger partial charge in [0, 0.05) is 29.2 Å². The molecule has 3 atom stereocenters. The second-order valence-corrected chi connectivity index (χ2v) is 5.97. The van der Waals surface area contributed by atoms with Crippen molar-refractivity contribution in [1.82, 2.24) is 0 Å². The van der Waals surface area contributed by atoms with Crippen LogP contribution in [0.1, 0.15) is 34.1 Å². The van der Waals surface area contributed by atoms with Crippen molar-refractivity contribution in [2.45, 2.75) is 31.2 Å². The van der Waals surface area contributed by atoms with E-state index in [0.717, 1.165) is 0 Å². The molecule has 0 radical (unpaired) electrons. The minimum Gasteiger partial charge on any atom is -0.507 e. The van der Waals surface area contributed by atoms with E-state index < -0.39 is 35.1 Å². The zero-order valence-corrected chi connectivity index (χ0v) is 12.5. The van der Waals surface area contributed by atoms with Crippen LogP contribution in [0.4, 0.5) is 0 Å². The molecule has 0 bridgehead atoms. The Kier molecular flexibility index (Phi) is 3.33. The fourth-order valence-corrected chi connectivity index (χ4v) is 3.06. The van der Waals surface area contributed by atoms with Gasteiger partial charge in [-0.1, -0.05) is 0 Å². The van der Waals surface area contributed by atoms with Crippen LogP contribution in [0.2, 0.25) is 0 Å². The van der Waals surface area contributed by atoms with E-state index in [1.807, 2.05) is 0 Å². The predicted octanol–water partition coefficient (Wildman–Crippen LogP) is -0.0471. The summed E-state index contributed by atoms with van der Waals surface area (Å²) in [7, 11) is 1.34. The monoisotopic (exact) mass is 320 g/mol. The number of aliphatic hydroxyl groups is 3. The Labute approximate surface area is 131 Å². The topological polar surface area (TPSA) is 124 Å². The molecule has 1 aromatic carbocycles. The number of benzene rings is 1. The molecular weight excluding hydrogens is 304 g/mol. The van der Waals surface area contributed by atoms with E-state index in [1.165, 1.54) is 26.2 Å². The molecule has 0 heterocycles. The number of rotatable bonds is 1. The van der Waals surface area contributed by atoms with Gasteiger partial charge in [-0.2, -0.15) is 0 Å². The summed E-state index contributed by atoms with van der Waals surface area (Å²) in [6.07, 6.45) is -3.40. The van der Waals surface area contributed by atoms with Gasteiger partial charge in [-0.3, -0.25) is 9.59 Å². The molecular formula is C16H16O7. The number of hydrogen-bond acceptors (Lipinski definition) is 7. The Morgan fingerprint density at radius 2 is 1.87 bits per heavy atom. The number of aromatic hydroxyl groups is 1. The van der Waals surface area contributed by atoms with Crippen molar-refractivity contribution in [2.24, 2.45) is 0 Å². The van der Waals surface area contributed by atoms with Crippen LogP contribution in [0, 0.1) is 0 Å². The molecule has 0 amide bonds. The number of fused-ring (bicyclic) bond motifs is 1. The van der Waals surface area contributed by atoms with Crippen LogP contribution < -0.4 is 4.74 Å². The van der Waals surface area contributed by atoms with Crippen LogP contribution in [0.15, 0.2) is 23.3 Å². The fourth-order valence-electron chi connectivity index (χ4n) is 3.06. The number of methoxy groups -OCH3 is 1. The zero-order chi connectivity index (χ0) is 17.1. The van der Waals surface area contributed by atoms with Crippen molar-refractivity contribution in [3.8, 4) is 11.5 Å². The van der Waals surface area contributed by atoms with Gasteiger partial charge in [-0.15, -0.1) is 0 Å². The fraction of sp³-hybridized carbons (Fsp3) is 0.375. The van der Waals surface area contributed by atoms with Crippen LogP contribution in [0.3, 0.4) is 0 Å². The summed E-state index contributed by atoms with van der Waals surface area (Å²) >= 11 is 0. The van der Waals surface area contributed by atoms with Gasteiger partial charge >= 0.3 is 0 Å². The number of carbonyl (C=O) groups is 2. The highest BCUT2D eigenvalue weighted by atomic mass is 16.5. The number of hydrogen-bond donors (Lipinski definition) is 4. The van der Waals surface area contributed by atoms with Crippen molar-refractivity contribution in [1.29, 1.82) is 0 Å². The van der Waals surface area contributed by atoms with Gasteiger partial charge in [0.25, 0.3) is 0 Å². The molecule has 0 aliphatic heterocycles. The first-order chi connectivity index (χ1) is 10.7. The summed E-state index contributed by atoms with van der Waals surface area (Å²) in [5, 5.41) is 40.5. The minimum atomic E-state index is -1.95. The molecule has 4 N–H and O–H groups in total. The molecule has 0 saturated carbocycles. The van der Waals surface area contributed by atoms with E-state index in [4.69, 9.17) is 4.74 Å². The SMILES string of the molecule is COc1cc(O)c2c(c1)C(=O)C1=C(CC(O)C(C)(O)C1O)C2=O. The number of ether oxygens (including phenoxy) is 1. The van der Waals surface area contributed by atoms with Crippen molar-refractivity contribution in [2.75, 3.05) is 7.11 Å². The van der Waals surface area contributed by atoms with Crippen LogP contribution in [-0.4, -0.2) is 56.9 Å². The number of carbonyl (C=O) groups excluding carboxylic acids is 2. The van der Waals surface area contributed by atoms with E-state index in [2.05, 4.69) is 0 Å². The molecule has 2 aliphatic carbocycles. The predicted molar refractivity (Wildman–Crippen MR) is 77.6 cm³/mol. The van der Waals surface area contributed by atoms with Gasteiger partial charge in [0.2, 0.25) is 0 Å². The second kappa shape index (κ2) is 4.89. The molecule has 0 fully saturated rings. The third-order valence-electron chi connectivity index (χ3n) is 4.54. The Balaban J connectivity index is 2.24. The van der Waals surface area contributed by atoms with Crippen LogP contribution in [0.25, 0.3) is 0 Å². The molecule has 0 saturated heterocycles. The van der Waals surface area contributed by atoms with Gasteiger partial charge in [-0.05, 0) is 13.0 Å². The largest absolute Gasteiger partial charge is 0.507 e. The molecule has 7 nitrogen and oxygen atoms in total. The summed E-state index contributed by atoms with van der Waals surface area (Å²) < 4.78 is 4.97. The number of Topliss-reactive ketones (excluding diaryl/α,β-unsaturated/α-hetero) is 2. The van der Waals surface area contributed by atoms with Gasteiger partial charge in [0.05, 0.1) is 18.8 Å². The first-order valence-corrected chi connectivity index (χ1v) is 7.02. The molecule has 3 rings (SSSR count). The van der Waals surface area contributed by atoms with Crippen molar-refractivity contribution < 1.29 is 34.8 Å². The Bertz CT molecular complexity index is 760. The standard InChI is InChI=1S/C16H16O7/c1-16(22)10(18)5-8-12(15(16)21)14(20)7-3-6(23-2)4-9(17)11(7)13(8)19/h3-4,10,15,17-18,21-22H,5H2,1-2H3. The number of aliphatic hydroxyl groups excluding tert-OH is 2. The molecule has 23 heavy (non-hydrogen) atoms. The van der Waals surface area contributed by atoms with Crippen LogP contribution in [-0.2, 0) is 0 Å². The maximum Gasteiger partial charge on any atom is 0.194 e. The lowest BCUT2D eigenvalue weighted by molar-refractivity contribution is -0.126. The lowest BCUT2D eigenvalue weighted by atomic mass is 9.69. The van der Waals surface area contributed by atoms with E-state index >= 15 is 0 Å². The molecule has 1 aromatic rings. The summed E-state index contributed by atoms with van der Waals surface area (Å²) in [5.74, 6) is -1.55. The highest BCUT2D eigenvalue weighted by molar-refractivity contribution is 6.28. The highest BCUT2D eigenvalue weighted by Crippen LogP contribution is 2.43. The Hall–Kier alpha value is -2.22. The van der Waals surface area contributed by atoms with Gasteiger partial charge in [0.15, 0.2) is 11.6 Å². The summed E-state index contributed by atoms with van der Waals surface area (Å²) in [5.41, 5.74) is -2.57. The third-order valence-corrected chi connectivity index (χ3v) is 4.54. The van der Waals surface area contributed by atoms with E-state index in [9.17, 15) is 30.0 Å². The van der Waals surface area contributed by atoms with Crippen LogP contribution >= 0.6 is 0 Å². The maximum absolute atomic E-state index is 12.7. The van der Waals surface area contributed by atoms with E-state index in [-0.39, 0.29) is 34.4 Å². The van der Waals surface area contributed by atoms with Crippen molar-refractivity contribution in [3.63, 3.8) is 0 Å². The van der Waals surface area contributed by atoms with Gasteiger partial charge in [-0.25, -0.2) is 0 Å². The zero-order valence-electron chi connectivity index (χ0n) is 12.5. The quantitative estimate of drug-likeness (QED) is 0.572. The van der Waals surface area contributed by atoms with Crippen molar-refractivity contribution in [3.05, 3.63) is 34.4 Å². The first-order valence-electron chi connectivity index (χ1n) is 7.02. The molecule has 3 unspecified atom stereocenters. The average Bonchev–Trinajstić information content (AvgIpc) is 2.49. The number of phenols is 1. The van der Waals surface area contributed by atoms with E-state index in [1.54, 1.807) is 0 Å². The highest BCUT2D eigenvalue weighted by Gasteiger charge is 2.51. The maximum atomic E-state index is 12.7. The first kappa shape index (κ1) is 15.7.